The third kappa shape index (κ3) is 4.21. The molecule has 1 saturated heterocycles. The monoisotopic (exact) mass is 325 g/mol. The van der Waals surface area contributed by atoms with Crippen LogP contribution in [0.1, 0.15) is 11.7 Å². The fourth-order valence-electron chi connectivity index (χ4n) is 2.10. The van der Waals surface area contributed by atoms with Crippen molar-refractivity contribution in [1.82, 2.24) is 15.5 Å². The van der Waals surface area contributed by atoms with Crippen LogP contribution in [0.2, 0.25) is 0 Å². The standard InChI is InChI=1S/C14H16FN3OS2/c15-11-3-1-2-4-12(11)21-9-13-17-14(19-18-13)7-10-8-20-6-5-16-10/h1-4,10,16H,5-9H2. The van der Waals surface area contributed by atoms with Crippen LogP contribution in [0, 0.1) is 5.82 Å². The smallest absolute Gasteiger partial charge is 0.228 e. The van der Waals surface area contributed by atoms with Crippen LogP contribution >= 0.6 is 23.5 Å². The van der Waals surface area contributed by atoms with E-state index in [1.54, 1.807) is 12.1 Å². The second-order valence-electron chi connectivity index (χ2n) is 4.75. The van der Waals surface area contributed by atoms with Gasteiger partial charge in [-0.1, -0.05) is 17.3 Å². The van der Waals surface area contributed by atoms with Gasteiger partial charge in [-0.05, 0) is 12.1 Å². The summed E-state index contributed by atoms with van der Waals surface area (Å²) in [6.07, 6.45) is 0.754. The lowest BCUT2D eigenvalue weighted by Crippen LogP contribution is -2.38. The molecule has 1 aromatic carbocycles. The Labute approximate surface area is 131 Å². The zero-order chi connectivity index (χ0) is 14.5. The van der Waals surface area contributed by atoms with Crippen LogP contribution in [0.5, 0.6) is 0 Å². The molecule has 1 fully saturated rings. The van der Waals surface area contributed by atoms with Crippen molar-refractivity contribution in [3.8, 4) is 0 Å². The Hall–Kier alpha value is -1.05. The van der Waals surface area contributed by atoms with Gasteiger partial charge in [0.15, 0.2) is 5.82 Å². The normalized spacial score (nSPS) is 18.8. The van der Waals surface area contributed by atoms with E-state index in [-0.39, 0.29) is 5.82 Å². The fraction of sp³-hybridized carbons (Fsp3) is 0.429. The molecule has 112 valence electrons. The molecule has 0 spiro atoms. The highest BCUT2D eigenvalue weighted by atomic mass is 32.2. The summed E-state index contributed by atoms with van der Waals surface area (Å²) in [5.74, 6) is 3.79. The van der Waals surface area contributed by atoms with Crippen molar-refractivity contribution in [2.45, 2.75) is 23.1 Å². The van der Waals surface area contributed by atoms with E-state index < -0.39 is 0 Å². The van der Waals surface area contributed by atoms with E-state index in [9.17, 15) is 4.39 Å². The van der Waals surface area contributed by atoms with E-state index in [1.165, 1.54) is 17.8 Å². The van der Waals surface area contributed by atoms with Crippen molar-refractivity contribution in [2.24, 2.45) is 0 Å². The van der Waals surface area contributed by atoms with Gasteiger partial charge in [0.05, 0.1) is 5.75 Å². The Morgan fingerprint density at radius 2 is 2.33 bits per heavy atom. The Bertz CT molecular complexity index is 587. The summed E-state index contributed by atoms with van der Waals surface area (Å²) in [4.78, 5) is 4.98. The Morgan fingerprint density at radius 1 is 1.43 bits per heavy atom. The van der Waals surface area contributed by atoms with E-state index >= 15 is 0 Å². The maximum Gasteiger partial charge on any atom is 0.228 e. The van der Waals surface area contributed by atoms with E-state index in [0.717, 1.165) is 24.5 Å². The molecule has 1 aromatic heterocycles. The van der Waals surface area contributed by atoms with Crippen LogP contribution in [0.15, 0.2) is 33.7 Å². The molecule has 0 aliphatic carbocycles. The van der Waals surface area contributed by atoms with E-state index in [1.807, 2.05) is 17.8 Å². The van der Waals surface area contributed by atoms with Crippen LogP contribution in [-0.4, -0.2) is 34.2 Å². The zero-order valence-electron chi connectivity index (χ0n) is 11.4. The highest BCUT2D eigenvalue weighted by molar-refractivity contribution is 7.99. The molecule has 2 aromatic rings. The van der Waals surface area contributed by atoms with Crippen molar-refractivity contribution in [2.75, 3.05) is 18.1 Å². The molecular formula is C14H16FN3OS2. The molecule has 1 N–H and O–H groups in total. The number of nitrogens with zero attached hydrogens (tertiary/aromatic N) is 2. The fourth-order valence-corrected chi connectivity index (χ4v) is 3.83. The molecular weight excluding hydrogens is 309 g/mol. The summed E-state index contributed by atoms with van der Waals surface area (Å²) in [5, 5.41) is 7.40. The van der Waals surface area contributed by atoms with E-state index in [2.05, 4.69) is 15.5 Å². The number of aromatic nitrogens is 2. The molecule has 3 rings (SSSR count). The highest BCUT2D eigenvalue weighted by Gasteiger charge is 2.17. The van der Waals surface area contributed by atoms with Crippen molar-refractivity contribution in [1.29, 1.82) is 0 Å². The number of benzene rings is 1. The molecule has 4 nitrogen and oxygen atoms in total. The average molecular weight is 325 g/mol. The summed E-state index contributed by atoms with van der Waals surface area (Å²) >= 11 is 3.32. The van der Waals surface area contributed by atoms with Crippen LogP contribution < -0.4 is 5.32 Å². The molecule has 0 amide bonds. The van der Waals surface area contributed by atoms with Crippen LogP contribution in [0.4, 0.5) is 4.39 Å². The number of hydrogen-bond acceptors (Lipinski definition) is 6. The van der Waals surface area contributed by atoms with Gasteiger partial charge in [-0.3, -0.25) is 0 Å². The van der Waals surface area contributed by atoms with Gasteiger partial charge in [0.2, 0.25) is 5.89 Å². The minimum atomic E-state index is -0.213. The number of hydrogen-bond donors (Lipinski definition) is 1. The SMILES string of the molecule is Fc1ccccc1SCc1noc(CC2CSCCN2)n1. The summed E-state index contributed by atoms with van der Waals surface area (Å²) in [6, 6.07) is 7.11. The minimum absolute atomic E-state index is 0.213. The van der Waals surface area contributed by atoms with Gasteiger partial charge in [-0.25, -0.2) is 4.39 Å². The van der Waals surface area contributed by atoms with Gasteiger partial charge in [-0.15, -0.1) is 11.8 Å². The van der Waals surface area contributed by atoms with Crippen molar-refractivity contribution < 1.29 is 8.91 Å². The van der Waals surface area contributed by atoms with Gasteiger partial charge < -0.3 is 9.84 Å². The Morgan fingerprint density at radius 3 is 3.14 bits per heavy atom. The largest absolute Gasteiger partial charge is 0.339 e. The van der Waals surface area contributed by atoms with Gasteiger partial charge >= 0.3 is 0 Å². The third-order valence-electron chi connectivity index (χ3n) is 3.12. The Balaban J connectivity index is 1.54. The second kappa shape index (κ2) is 7.29. The first kappa shape index (κ1) is 14.9. The number of thioether (sulfide) groups is 2. The predicted molar refractivity (Wildman–Crippen MR) is 83.1 cm³/mol. The quantitative estimate of drug-likeness (QED) is 0.853. The molecule has 1 atom stereocenters. The van der Waals surface area contributed by atoms with Gasteiger partial charge in [0.1, 0.15) is 5.82 Å². The van der Waals surface area contributed by atoms with Gasteiger partial charge in [-0.2, -0.15) is 16.7 Å². The Kier molecular flexibility index (Phi) is 5.16. The van der Waals surface area contributed by atoms with Crippen molar-refractivity contribution in [3.63, 3.8) is 0 Å². The summed E-state index contributed by atoms with van der Waals surface area (Å²) in [7, 11) is 0. The van der Waals surface area contributed by atoms with E-state index in [4.69, 9.17) is 4.52 Å². The molecule has 7 heteroatoms. The van der Waals surface area contributed by atoms with Gasteiger partial charge in [0.25, 0.3) is 0 Å². The van der Waals surface area contributed by atoms with Gasteiger partial charge in [0, 0.05) is 35.4 Å². The molecule has 0 bridgehead atoms. The second-order valence-corrected chi connectivity index (χ2v) is 6.92. The molecule has 1 aliphatic heterocycles. The maximum absolute atomic E-state index is 13.5. The first-order valence-electron chi connectivity index (χ1n) is 6.81. The first-order valence-corrected chi connectivity index (χ1v) is 8.95. The molecule has 21 heavy (non-hydrogen) atoms. The first-order chi connectivity index (χ1) is 10.3. The predicted octanol–water partition coefficient (Wildman–Crippen LogP) is 2.75. The molecule has 0 radical (unpaired) electrons. The molecule has 2 heterocycles. The van der Waals surface area contributed by atoms with Crippen LogP contribution in [0.3, 0.4) is 0 Å². The summed E-state index contributed by atoms with van der Waals surface area (Å²) < 4.78 is 18.8. The lowest BCUT2D eigenvalue weighted by Gasteiger charge is -2.21. The zero-order valence-corrected chi connectivity index (χ0v) is 13.1. The average Bonchev–Trinajstić information content (AvgIpc) is 2.95. The van der Waals surface area contributed by atoms with Crippen molar-refractivity contribution >= 4 is 23.5 Å². The van der Waals surface area contributed by atoms with Crippen molar-refractivity contribution in [3.05, 3.63) is 41.8 Å². The maximum atomic E-state index is 13.5. The van der Waals surface area contributed by atoms with Crippen LogP contribution in [0.25, 0.3) is 0 Å². The highest BCUT2D eigenvalue weighted by Crippen LogP contribution is 2.24. The summed E-state index contributed by atoms with van der Waals surface area (Å²) in [6.45, 7) is 1.03. The number of nitrogens with one attached hydrogen (secondary N) is 1. The lowest BCUT2D eigenvalue weighted by molar-refractivity contribution is 0.359. The third-order valence-corrected chi connectivity index (χ3v) is 5.30. The van der Waals surface area contributed by atoms with E-state index in [0.29, 0.717) is 28.4 Å². The molecule has 1 unspecified atom stereocenters. The summed E-state index contributed by atoms with van der Waals surface area (Å²) in [5.41, 5.74) is 0. The molecule has 0 saturated carbocycles. The number of halogens is 1. The number of rotatable bonds is 5. The topological polar surface area (TPSA) is 51.0 Å². The molecule has 1 aliphatic rings. The minimum Gasteiger partial charge on any atom is -0.339 e. The van der Waals surface area contributed by atoms with Crippen LogP contribution in [-0.2, 0) is 12.2 Å². The lowest BCUT2D eigenvalue weighted by atomic mass is 10.2.